The molecule has 0 bridgehead atoms. The molecule has 2 N–H and O–H groups in total. The van der Waals surface area contributed by atoms with Gasteiger partial charge in [0, 0.05) is 5.54 Å². The fourth-order valence-electron chi connectivity index (χ4n) is 0.639. The average molecular weight is 192 g/mol. The van der Waals surface area contributed by atoms with Gasteiger partial charge in [-0.1, -0.05) is 0 Å². The molecule has 1 atom stereocenters. The van der Waals surface area contributed by atoms with E-state index in [1.54, 1.807) is 6.92 Å². The summed E-state index contributed by atoms with van der Waals surface area (Å²) in [4.78, 5) is 0. The van der Waals surface area contributed by atoms with Crippen LogP contribution in [0.15, 0.2) is 0 Å². The normalized spacial score (nSPS) is 13.8. The van der Waals surface area contributed by atoms with Gasteiger partial charge in [-0.3, -0.25) is 0 Å². The molecule has 0 heterocycles. The molecule has 0 aromatic rings. The maximum atomic E-state index is 12.0. The molecule has 0 aliphatic heterocycles. The molecule has 0 spiro atoms. The topological polar surface area (TPSA) is 24.1 Å². The molecule has 0 aliphatic carbocycles. The summed E-state index contributed by atoms with van der Waals surface area (Å²) in [6, 6.07) is -0.215. The van der Waals surface area contributed by atoms with Gasteiger partial charge in [0.2, 0.25) is 0 Å². The number of hydrogen-bond donors (Lipinski definition) is 2. The Balaban J connectivity index is 3.75. The highest BCUT2D eigenvalue weighted by molar-refractivity contribution is 7.80. The predicted octanol–water partition coefficient (Wildman–Crippen LogP) is 1.61. The maximum absolute atomic E-state index is 12.0. The lowest BCUT2D eigenvalue weighted by molar-refractivity contribution is 0.418. The maximum Gasteiger partial charge on any atom is 0.166 e. The zero-order valence-corrected chi connectivity index (χ0v) is 8.89. The summed E-state index contributed by atoms with van der Waals surface area (Å²) in [5, 5.41) is 6.38. The first-order valence-electron chi connectivity index (χ1n) is 4.00. The first-order chi connectivity index (χ1) is 5.35. The lowest BCUT2D eigenvalue weighted by atomic mass is 10.1. The molecule has 0 fully saturated rings. The Morgan fingerprint density at radius 1 is 1.50 bits per heavy atom. The Bertz CT molecular complexity index is 154. The van der Waals surface area contributed by atoms with Gasteiger partial charge >= 0.3 is 0 Å². The van der Waals surface area contributed by atoms with Crippen molar-refractivity contribution in [3.8, 4) is 0 Å². The second-order valence-electron chi connectivity index (χ2n) is 3.90. The van der Waals surface area contributed by atoms with E-state index >= 15 is 0 Å². The van der Waals surface area contributed by atoms with Crippen LogP contribution in [0.2, 0.25) is 0 Å². The van der Waals surface area contributed by atoms with Crippen LogP contribution in [0, 0.1) is 0 Å². The van der Waals surface area contributed by atoms with Gasteiger partial charge in [-0.15, -0.1) is 0 Å². The predicted molar refractivity (Wildman–Crippen MR) is 54.1 cm³/mol. The van der Waals surface area contributed by atoms with Crippen LogP contribution >= 0.6 is 12.2 Å². The third-order valence-electron chi connectivity index (χ3n) is 1.10. The van der Waals surface area contributed by atoms with Crippen molar-refractivity contribution in [2.45, 2.75) is 39.3 Å². The van der Waals surface area contributed by atoms with E-state index in [-0.39, 0.29) is 11.6 Å². The summed E-state index contributed by atoms with van der Waals surface area (Å²) in [7, 11) is 0. The molecule has 0 saturated carbocycles. The third-order valence-corrected chi connectivity index (χ3v) is 1.32. The first kappa shape index (κ1) is 11.6. The highest BCUT2D eigenvalue weighted by Crippen LogP contribution is 1.97. The van der Waals surface area contributed by atoms with Crippen LogP contribution in [0.3, 0.4) is 0 Å². The van der Waals surface area contributed by atoms with E-state index in [0.29, 0.717) is 5.11 Å². The van der Waals surface area contributed by atoms with Crippen LogP contribution in [0.25, 0.3) is 0 Å². The number of thiocarbonyl (C=S) groups is 1. The lowest BCUT2D eigenvalue weighted by Gasteiger charge is -2.24. The number of nitrogens with one attached hydrogen (secondary N) is 2. The Morgan fingerprint density at radius 3 is 2.33 bits per heavy atom. The Morgan fingerprint density at radius 2 is 2.00 bits per heavy atom. The molecule has 0 aliphatic rings. The van der Waals surface area contributed by atoms with E-state index in [1.807, 2.05) is 20.8 Å². The Hall–Kier alpha value is -0.380. The van der Waals surface area contributed by atoms with Gasteiger partial charge in [-0.05, 0) is 39.9 Å². The van der Waals surface area contributed by atoms with E-state index in [2.05, 4.69) is 10.6 Å². The monoisotopic (exact) mass is 192 g/mol. The van der Waals surface area contributed by atoms with Crippen molar-refractivity contribution in [3.05, 3.63) is 0 Å². The molecule has 0 amide bonds. The van der Waals surface area contributed by atoms with Crippen molar-refractivity contribution in [2.75, 3.05) is 6.67 Å². The van der Waals surface area contributed by atoms with Gasteiger partial charge in [0.1, 0.15) is 6.67 Å². The number of hydrogen-bond acceptors (Lipinski definition) is 1. The van der Waals surface area contributed by atoms with Crippen molar-refractivity contribution in [3.63, 3.8) is 0 Å². The fourth-order valence-corrected chi connectivity index (χ4v) is 1.15. The van der Waals surface area contributed by atoms with E-state index in [4.69, 9.17) is 12.2 Å². The van der Waals surface area contributed by atoms with Gasteiger partial charge in [0.15, 0.2) is 5.11 Å². The summed E-state index contributed by atoms with van der Waals surface area (Å²) in [6.07, 6.45) is 0. The van der Waals surface area contributed by atoms with Gasteiger partial charge in [0.25, 0.3) is 0 Å². The highest BCUT2D eigenvalue weighted by Gasteiger charge is 2.11. The third kappa shape index (κ3) is 6.34. The van der Waals surface area contributed by atoms with Gasteiger partial charge in [-0.25, -0.2) is 4.39 Å². The summed E-state index contributed by atoms with van der Waals surface area (Å²) >= 11 is 4.96. The molecule has 12 heavy (non-hydrogen) atoms. The zero-order valence-electron chi connectivity index (χ0n) is 8.07. The molecular weight excluding hydrogens is 175 g/mol. The van der Waals surface area contributed by atoms with E-state index in [0.717, 1.165) is 0 Å². The fraction of sp³-hybridized carbons (Fsp3) is 0.875. The van der Waals surface area contributed by atoms with Crippen LogP contribution in [0.1, 0.15) is 27.7 Å². The number of halogens is 1. The van der Waals surface area contributed by atoms with Crippen molar-refractivity contribution in [2.24, 2.45) is 0 Å². The molecule has 2 nitrogen and oxygen atoms in total. The molecule has 0 saturated heterocycles. The van der Waals surface area contributed by atoms with Crippen LogP contribution in [0.4, 0.5) is 4.39 Å². The molecule has 0 rings (SSSR count). The quantitative estimate of drug-likeness (QED) is 0.650. The summed E-state index contributed by atoms with van der Waals surface area (Å²) < 4.78 is 12.0. The van der Waals surface area contributed by atoms with Gasteiger partial charge < -0.3 is 10.6 Å². The molecule has 4 heteroatoms. The van der Waals surface area contributed by atoms with E-state index in [1.165, 1.54) is 0 Å². The Kier molecular flexibility index (Phi) is 4.45. The van der Waals surface area contributed by atoms with Gasteiger partial charge in [0.05, 0.1) is 6.04 Å². The highest BCUT2D eigenvalue weighted by atomic mass is 32.1. The SMILES string of the molecule is C[C@@H](CF)NC(=S)NC(C)(C)C. The standard InChI is InChI=1S/C8H17FN2S/c1-6(5-9)10-7(12)11-8(2,3)4/h6H,5H2,1-4H3,(H2,10,11,12)/t6-/m0/s1. The number of alkyl halides is 1. The number of rotatable bonds is 2. The van der Waals surface area contributed by atoms with E-state index in [9.17, 15) is 4.39 Å². The van der Waals surface area contributed by atoms with Crippen LogP contribution < -0.4 is 10.6 Å². The summed E-state index contributed by atoms with van der Waals surface area (Å²) in [5.74, 6) is 0. The van der Waals surface area contributed by atoms with Crippen molar-refractivity contribution >= 4 is 17.3 Å². The molecule has 0 radical (unpaired) electrons. The summed E-state index contributed by atoms with van der Waals surface area (Å²) in [6.45, 7) is 7.34. The van der Waals surface area contributed by atoms with Crippen molar-refractivity contribution in [1.82, 2.24) is 10.6 Å². The minimum Gasteiger partial charge on any atom is -0.358 e. The van der Waals surface area contributed by atoms with Crippen molar-refractivity contribution < 1.29 is 4.39 Å². The molecule has 72 valence electrons. The molecular formula is C8H17FN2S. The minimum absolute atomic E-state index is 0.0693. The van der Waals surface area contributed by atoms with Crippen LogP contribution in [-0.4, -0.2) is 23.4 Å². The van der Waals surface area contributed by atoms with Crippen molar-refractivity contribution in [1.29, 1.82) is 0 Å². The largest absolute Gasteiger partial charge is 0.358 e. The molecule has 0 aromatic carbocycles. The smallest absolute Gasteiger partial charge is 0.166 e. The molecule has 0 unspecified atom stereocenters. The minimum atomic E-state index is -0.411. The second-order valence-corrected chi connectivity index (χ2v) is 4.31. The van der Waals surface area contributed by atoms with E-state index < -0.39 is 6.67 Å². The first-order valence-corrected chi connectivity index (χ1v) is 4.40. The zero-order chi connectivity index (χ0) is 9.78. The average Bonchev–Trinajstić information content (AvgIpc) is 1.82. The van der Waals surface area contributed by atoms with Gasteiger partial charge in [-0.2, -0.15) is 0 Å². The summed E-state index contributed by atoms with van der Waals surface area (Å²) in [5.41, 5.74) is -0.0693. The van der Waals surface area contributed by atoms with Crippen LogP contribution in [0.5, 0.6) is 0 Å². The Labute approximate surface area is 78.9 Å². The lowest BCUT2D eigenvalue weighted by Crippen LogP contribution is -2.49. The second kappa shape index (κ2) is 4.60. The van der Waals surface area contributed by atoms with Crippen LogP contribution in [-0.2, 0) is 0 Å². The molecule has 0 aromatic heterocycles.